The lowest BCUT2D eigenvalue weighted by Crippen LogP contribution is -2.52. The number of nitrogens with zero attached hydrogens (tertiary/aromatic N) is 1. The van der Waals surface area contributed by atoms with Crippen molar-refractivity contribution in [2.75, 3.05) is 18.1 Å². The van der Waals surface area contributed by atoms with Crippen LogP contribution in [0.3, 0.4) is 0 Å². The Morgan fingerprint density at radius 2 is 1.72 bits per heavy atom. The van der Waals surface area contributed by atoms with Gasteiger partial charge in [-0.05, 0) is 35.0 Å². The van der Waals surface area contributed by atoms with Gasteiger partial charge >= 0.3 is 6.18 Å². The maximum absolute atomic E-state index is 14.4. The minimum Gasteiger partial charge on any atom is -0.374 e. The predicted molar refractivity (Wildman–Crippen MR) is 143 cm³/mol. The van der Waals surface area contributed by atoms with Gasteiger partial charge in [0.05, 0.1) is 18.3 Å². The highest BCUT2D eigenvalue weighted by molar-refractivity contribution is 7.86. The third-order valence-electron chi connectivity index (χ3n) is 6.54. The lowest BCUT2D eigenvalue weighted by Gasteiger charge is -2.29. The van der Waals surface area contributed by atoms with Gasteiger partial charge in [0.25, 0.3) is 11.5 Å². The quantitative estimate of drug-likeness (QED) is 0.430. The lowest BCUT2D eigenvalue weighted by molar-refractivity contribution is -0.275. The first kappa shape index (κ1) is 27.4. The Balaban J connectivity index is 1.41. The van der Waals surface area contributed by atoms with E-state index in [0.717, 1.165) is 12.1 Å². The van der Waals surface area contributed by atoms with Gasteiger partial charge in [0, 0.05) is 55.5 Å². The fraction of sp³-hybridized carbons (Fsp3) is 0.269. The summed E-state index contributed by atoms with van der Waals surface area (Å²) in [5, 5.41) is 10.1. The molecule has 1 unspecified atom stereocenters. The van der Waals surface area contributed by atoms with E-state index in [2.05, 4.69) is 15.8 Å². The Morgan fingerprint density at radius 3 is 2.36 bits per heavy atom. The average Bonchev–Trinajstić information content (AvgIpc) is 3.32. The van der Waals surface area contributed by atoms with E-state index in [0.29, 0.717) is 27.8 Å². The average molecular weight is 598 g/mol. The molecule has 3 aromatic rings. The smallest absolute Gasteiger partial charge is 0.374 e. The number of carbonyl (C=O) groups is 2. The molecular weight excluding hydrogens is 578 g/mol. The van der Waals surface area contributed by atoms with Crippen molar-refractivity contribution in [3.8, 4) is 0 Å². The van der Waals surface area contributed by atoms with Crippen molar-refractivity contribution >= 4 is 62.3 Å². The van der Waals surface area contributed by atoms with Crippen LogP contribution in [0.15, 0.2) is 59.8 Å². The monoisotopic (exact) mass is 597 g/mol. The van der Waals surface area contributed by atoms with Crippen LogP contribution in [-0.4, -0.2) is 52.0 Å². The Hall–Kier alpha value is -3.15. The van der Waals surface area contributed by atoms with Crippen LogP contribution < -0.4 is 10.6 Å². The second kappa shape index (κ2) is 10.4. The molecule has 3 aromatic carbocycles. The molecule has 13 heteroatoms. The van der Waals surface area contributed by atoms with Crippen molar-refractivity contribution in [2.24, 2.45) is 5.16 Å². The first-order valence-electron chi connectivity index (χ1n) is 11.7. The second-order valence-electron chi connectivity index (χ2n) is 9.22. The van der Waals surface area contributed by atoms with Crippen LogP contribution in [0.2, 0.25) is 10.0 Å². The SMILES string of the molecule is O=C(CNC(=O)c1ccc(C2=NOC(c3cc(Cl)cc(Cl)c3)(C(F)(F)F)C2)c2ccccc12)NC1CS(=O)C1. The van der Waals surface area contributed by atoms with Crippen LogP contribution in [0.4, 0.5) is 13.2 Å². The number of fused-ring (bicyclic) bond motifs is 1. The molecule has 5 rings (SSSR count). The fourth-order valence-corrected chi connectivity index (χ4v) is 6.09. The molecule has 39 heavy (non-hydrogen) atoms. The summed E-state index contributed by atoms with van der Waals surface area (Å²) in [6.45, 7) is -0.283. The third kappa shape index (κ3) is 5.35. The largest absolute Gasteiger partial charge is 0.435 e. The van der Waals surface area contributed by atoms with E-state index < -0.39 is 40.8 Å². The van der Waals surface area contributed by atoms with E-state index in [-0.39, 0.29) is 39.5 Å². The number of benzene rings is 3. The molecular formula is C26H20Cl2F3N3O4S. The Labute approximate surface area is 233 Å². The molecule has 0 saturated carbocycles. The number of hydrogen-bond donors (Lipinski definition) is 2. The van der Waals surface area contributed by atoms with Crippen molar-refractivity contribution in [2.45, 2.75) is 24.2 Å². The maximum atomic E-state index is 14.4. The number of oxime groups is 1. The van der Waals surface area contributed by atoms with Crippen molar-refractivity contribution in [1.29, 1.82) is 0 Å². The summed E-state index contributed by atoms with van der Waals surface area (Å²) < 4.78 is 54.5. The van der Waals surface area contributed by atoms with E-state index in [1.807, 2.05) is 0 Å². The van der Waals surface area contributed by atoms with Crippen molar-refractivity contribution in [1.82, 2.24) is 10.6 Å². The molecule has 2 amide bonds. The van der Waals surface area contributed by atoms with Gasteiger partial charge in [0.2, 0.25) is 5.91 Å². The van der Waals surface area contributed by atoms with Gasteiger partial charge in [-0.15, -0.1) is 0 Å². The molecule has 0 radical (unpaired) electrons. The summed E-state index contributed by atoms with van der Waals surface area (Å²) in [4.78, 5) is 30.2. The van der Waals surface area contributed by atoms with Crippen molar-refractivity contribution < 1.29 is 31.8 Å². The van der Waals surface area contributed by atoms with Crippen LogP contribution in [0, 0.1) is 0 Å². The molecule has 1 atom stereocenters. The Morgan fingerprint density at radius 1 is 1.05 bits per heavy atom. The Kier molecular flexibility index (Phi) is 7.34. The van der Waals surface area contributed by atoms with E-state index in [1.54, 1.807) is 24.3 Å². The molecule has 0 aliphatic carbocycles. The highest BCUT2D eigenvalue weighted by atomic mass is 35.5. The molecule has 0 spiro atoms. The van der Waals surface area contributed by atoms with E-state index in [9.17, 15) is 27.0 Å². The molecule has 7 nitrogen and oxygen atoms in total. The maximum Gasteiger partial charge on any atom is 0.435 e. The molecule has 1 fully saturated rings. The van der Waals surface area contributed by atoms with Gasteiger partial charge in [-0.3, -0.25) is 13.8 Å². The summed E-state index contributed by atoms with van der Waals surface area (Å²) in [5.41, 5.74) is -2.46. The first-order valence-corrected chi connectivity index (χ1v) is 13.9. The molecule has 1 saturated heterocycles. The predicted octanol–water partition coefficient (Wildman–Crippen LogP) is 4.71. The second-order valence-corrected chi connectivity index (χ2v) is 11.6. The zero-order valence-electron chi connectivity index (χ0n) is 20.0. The van der Waals surface area contributed by atoms with Crippen LogP contribution in [-0.2, 0) is 26.0 Å². The van der Waals surface area contributed by atoms with Crippen LogP contribution in [0.25, 0.3) is 10.8 Å². The van der Waals surface area contributed by atoms with Gasteiger partial charge in [-0.25, -0.2) is 0 Å². The van der Waals surface area contributed by atoms with Gasteiger partial charge in [-0.1, -0.05) is 58.7 Å². The zero-order valence-corrected chi connectivity index (χ0v) is 22.3. The van der Waals surface area contributed by atoms with Crippen molar-refractivity contribution in [3.05, 3.63) is 81.3 Å². The number of hydrogen-bond acceptors (Lipinski definition) is 5. The van der Waals surface area contributed by atoms with Crippen LogP contribution in [0.5, 0.6) is 0 Å². The van der Waals surface area contributed by atoms with Crippen LogP contribution >= 0.6 is 23.2 Å². The number of alkyl halides is 3. The normalized spacial score (nSPS) is 22.5. The topological polar surface area (TPSA) is 96.9 Å². The van der Waals surface area contributed by atoms with Crippen LogP contribution in [0.1, 0.15) is 27.9 Å². The van der Waals surface area contributed by atoms with Gasteiger partial charge in [-0.2, -0.15) is 13.2 Å². The number of amides is 2. The van der Waals surface area contributed by atoms with E-state index in [1.165, 1.54) is 18.2 Å². The molecule has 2 N–H and O–H groups in total. The fourth-order valence-electron chi connectivity index (χ4n) is 4.60. The van der Waals surface area contributed by atoms with Gasteiger partial charge < -0.3 is 15.5 Å². The highest BCUT2D eigenvalue weighted by Gasteiger charge is 2.62. The molecule has 204 valence electrons. The van der Waals surface area contributed by atoms with E-state index in [4.69, 9.17) is 28.0 Å². The van der Waals surface area contributed by atoms with E-state index >= 15 is 0 Å². The number of nitrogens with one attached hydrogen (secondary N) is 2. The molecule has 2 aliphatic rings. The lowest BCUT2D eigenvalue weighted by atomic mass is 9.85. The summed E-state index contributed by atoms with van der Waals surface area (Å²) in [7, 11) is -0.918. The Bertz CT molecular complexity index is 1520. The molecule has 2 aliphatic heterocycles. The van der Waals surface area contributed by atoms with Crippen molar-refractivity contribution in [3.63, 3.8) is 0 Å². The summed E-state index contributed by atoms with van der Waals surface area (Å²) >= 11 is 12.0. The summed E-state index contributed by atoms with van der Waals surface area (Å²) in [5.74, 6) is -0.167. The minimum absolute atomic E-state index is 0.0235. The third-order valence-corrected chi connectivity index (χ3v) is 8.53. The first-order chi connectivity index (χ1) is 18.5. The van der Waals surface area contributed by atoms with Gasteiger partial charge in [0.15, 0.2) is 0 Å². The zero-order chi connectivity index (χ0) is 27.9. The minimum atomic E-state index is -4.85. The standard InChI is InChI=1S/C26H20Cl2F3N3O4S/c27-15-7-14(8-16(28)9-15)25(26(29,30)31)10-22(34-38-25)20-5-6-21(19-4-2-1-3-18(19)20)24(36)32-11-23(35)33-17-12-39(37)13-17/h1-9,17H,10-13H2,(H,32,36)(H,33,35). The summed E-state index contributed by atoms with van der Waals surface area (Å²) in [6.07, 6.45) is -5.49. The number of carbonyl (C=O) groups excluding carboxylic acids is 2. The molecule has 0 bridgehead atoms. The number of rotatable bonds is 6. The highest BCUT2D eigenvalue weighted by Crippen LogP contribution is 2.50. The molecule has 2 heterocycles. The molecule has 0 aromatic heterocycles. The number of halogens is 5. The van der Waals surface area contributed by atoms with Gasteiger partial charge in [0.1, 0.15) is 0 Å². The summed E-state index contributed by atoms with van der Waals surface area (Å²) in [6, 6.07) is 13.1.